The standard InChI is InChI=1S/C10H12ClNO/c11-9-4-2-1-3-8(9)10-5-7(13)6-12-10/h1-4,7,10,12-13H,5-6H2. The summed E-state index contributed by atoms with van der Waals surface area (Å²) < 4.78 is 0. The van der Waals surface area contributed by atoms with Crippen LogP contribution in [0.15, 0.2) is 24.3 Å². The Morgan fingerprint density at radius 2 is 2.15 bits per heavy atom. The minimum absolute atomic E-state index is 0.212. The molecule has 0 aliphatic carbocycles. The highest BCUT2D eigenvalue weighted by atomic mass is 35.5. The van der Waals surface area contributed by atoms with E-state index in [1.807, 2.05) is 24.3 Å². The van der Waals surface area contributed by atoms with Crippen molar-refractivity contribution in [3.05, 3.63) is 34.9 Å². The van der Waals surface area contributed by atoms with Crippen LogP contribution in [-0.4, -0.2) is 17.8 Å². The SMILES string of the molecule is OC1CNC(c2ccccc2Cl)C1. The second kappa shape index (κ2) is 3.66. The summed E-state index contributed by atoms with van der Waals surface area (Å²) in [7, 11) is 0. The van der Waals surface area contributed by atoms with E-state index in [0.717, 1.165) is 17.0 Å². The molecule has 3 heteroatoms. The van der Waals surface area contributed by atoms with Crippen LogP contribution >= 0.6 is 11.6 Å². The van der Waals surface area contributed by atoms with Crippen molar-refractivity contribution in [2.24, 2.45) is 0 Å². The lowest BCUT2D eigenvalue weighted by Crippen LogP contribution is -2.15. The lowest BCUT2D eigenvalue weighted by Gasteiger charge is -2.11. The maximum atomic E-state index is 9.35. The van der Waals surface area contributed by atoms with Gasteiger partial charge < -0.3 is 10.4 Å². The molecule has 2 atom stereocenters. The zero-order valence-electron chi connectivity index (χ0n) is 7.20. The summed E-state index contributed by atoms with van der Waals surface area (Å²) in [6.45, 7) is 0.663. The molecule has 0 saturated carbocycles. The van der Waals surface area contributed by atoms with Crippen LogP contribution in [0.5, 0.6) is 0 Å². The van der Waals surface area contributed by atoms with Gasteiger partial charge in [-0.2, -0.15) is 0 Å². The molecule has 1 aliphatic rings. The number of nitrogens with one attached hydrogen (secondary N) is 1. The van der Waals surface area contributed by atoms with Gasteiger partial charge in [0.25, 0.3) is 0 Å². The highest BCUT2D eigenvalue weighted by molar-refractivity contribution is 6.31. The number of aliphatic hydroxyl groups excluding tert-OH is 1. The van der Waals surface area contributed by atoms with E-state index in [-0.39, 0.29) is 12.1 Å². The molecule has 2 N–H and O–H groups in total. The average molecular weight is 198 g/mol. The molecule has 0 aromatic heterocycles. The molecular formula is C10H12ClNO. The fourth-order valence-electron chi connectivity index (χ4n) is 1.71. The van der Waals surface area contributed by atoms with E-state index in [2.05, 4.69) is 5.32 Å². The average Bonchev–Trinajstić information content (AvgIpc) is 2.53. The number of benzene rings is 1. The van der Waals surface area contributed by atoms with Crippen LogP contribution in [0.2, 0.25) is 5.02 Å². The lowest BCUT2D eigenvalue weighted by molar-refractivity contribution is 0.193. The van der Waals surface area contributed by atoms with Gasteiger partial charge in [-0.05, 0) is 18.1 Å². The molecule has 1 aliphatic heterocycles. The van der Waals surface area contributed by atoms with Crippen LogP contribution in [0, 0.1) is 0 Å². The molecule has 0 spiro atoms. The van der Waals surface area contributed by atoms with Crippen molar-refractivity contribution in [1.82, 2.24) is 5.32 Å². The Morgan fingerprint density at radius 3 is 2.77 bits per heavy atom. The second-order valence-corrected chi connectivity index (χ2v) is 3.78. The summed E-state index contributed by atoms with van der Waals surface area (Å²) in [5.74, 6) is 0. The largest absolute Gasteiger partial charge is 0.392 e. The maximum absolute atomic E-state index is 9.35. The lowest BCUT2D eigenvalue weighted by atomic mass is 10.0. The van der Waals surface area contributed by atoms with Crippen molar-refractivity contribution in [3.63, 3.8) is 0 Å². The van der Waals surface area contributed by atoms with Gasteiger partial charge in [0.2, 0.25) is 0 Å². The number of β-amino-alcohol motifs (C(OH)–C–C–N with tert-alkyl or cyclic N) is 1. The smallest absolute Gasteiger partial charge is 0.0682 e. The van der Waals surface area contributed by atoms with Gasteiger partial charge in [0, 0.05) is 17.6 Å². The van der Waals surface area contributed by atoms with Crippen molar-refractivity contribution in [3.8, 4) is 0 Å². The maximum Gasteiger partial charge on any atom is 0.0682 e. The predicted octanol–water partition coefficient (Wildman–Crippen LogP) is 1.74. The number of hydrogen-bond acceptors (Lipinski definition) is 2. The van der Waals surface area contributed by atoms with E-state index in [1.54, 1.807) is 0 Å². The van der Waals surface area contributed by atoms with Crippen molar-refractivity contribution in [2.45, 2.75) is 18.6 Å². The number of halogens is 1. The fourth-order valence-corrected chi connectivity index (χ4v) is 1.98. The molecule has 2 unspecified atom stereocenters. The zero-order valence-corrected chi connectivity index (χ0v) is 7.96. The van der Waals surface area contributed by atoms with Crippen LogP contribution < -0.4 is 5.32 Å². The minimum Gasteiger partial charge on any atom is -0.392 e. The Hall–Kier alpha value is -0.570. The number of hydrogen-bond donors (Lipinski definition) is 2. The van der Waals surface area contributed by atoms with E-state index < -0.39 is 0 Å². The third kappa shape index (κ3) is 1.85. The van der Waals surface area contributed by atoms with Crippen molar-refractivity contribution in [1.29, 1.82) is 0 Å². The van der Waals surface area contributed by atoms with E-state index >= 15 is 0 Å². The molecule has 1 saturated heterocycles. The Labute approximate surface area is 82.5 Å². The predicted molar refractivity (Wildman–Crippen MR) is 52.8 cm³/mol. The molecule has 0 radical (unpaired) electrons. The van der Waals surface area contributed by atoms with E-state index in [1.165, 1.54) is 0 Å². The highest BCUT2D eigenvalue weighted by Gasteiger charge is 2.24. The summed E-state index contributed by atoms with van der Waals surface area (Å²) in [5.41, 5.74) is 1.08. The van der Waals surface area contributed by atoms with Gasteiger partial charge in [-0.25, -0.2) is 0 Å². The van der Waals surface area contributed by atoms with Crippen LogP contribution in [0.1, 0.15) is 18.0 Å². The zero-order chi connectivity index (χ0) is 9.26. The van der Waals surface area contributed by atoms with Gasteiger partial charge in [-0.3, -0.25) is 0 Å². The molecule has 2 nitrogen and oxygen atoms in total. The van der Waals surface area contributed by atoms with Gasteiger partial charge in [-0.15, -0.1) is 0 Å². The van der Waals surface area contributed by atoms with Crippen molar-refractivity contribution >= 4 is 11.6 Å². The molecule has 1 fully saturated rings. The Balaban J connectivity index is 2.21. The first-order valence-electron chi connectivity index (χ1n) is 4.43. The monoisotopic (exact) mass is 197 g/mol. The molecular weight excluding hydrogens is 186 g/mol. The molecule has 13 heavy (non-hydrogen) atoms. The quantitative estimate of drug-likeness (QED) is 0.719. The van der Waals surface area contributed by atoms with Crippen LogP contribution in [0.4, 0.5) is 0 Å². The Bertz CT molecular complexity index is 303. The molecule has 1 aromatic rings. The van der Waals surface area contributed by atoms with Gasteiger partial charge in [0.05, 0.1) is 6.10 Å². The van der Waals surface area contributed by atoms with E-state index in [9.17, 15) is 5.11 Å². The summed E-state index contributed by atoms with van der Waals surface area (Å²) >= 11 is 6.03. The molecule has 1 heterocycles. The summed E-state index contributed by atoms with van der Waals surface area (Å²) in [4.78, 5) is 0. The first-order valence-corrected chi connectivity index (χ1v) is 4.81. The number of aliphatic hydroxyl groups is 1. The van der Waals surface area contributed by atoms with Crippen LogP contribution in [0.25, 0.3) is 0 Å². The van der Waals surface area contributed by atoms with Gasteiger partial charge in [0.1, 0.15) is 0 Å². The van der Waals surface area contributed by atoms with Crippen molar-refractivity contribution in [2.75, 3.05) is 6.54 Å². The van der Waals surface area contributed by atoms with Crippen molar-refractivity contribution < 1.29 is 5.11 Å². The fraction of sp³-hybridized carbons (Fsp3) is 0.400. The van der Waals surface area contributed by atoms with E-state index in [4.69, 9.17) is 11.6 Å². The first kappa shape index (κ1) is 9.00. The third-order valence-electron chi connectivity index (χ3n) is 2.39. The summed E-state index contributed by atoms with van der Waals surface area (Å²) in [6, 6.07) is 7.97. The van der Waals surface area contributed by atoms with Crippen LogP contribution in [0.3, 0.4) is 0 Å². The summed E-state index contributed by atoms with van der Waals surface area (Å²) in [6.07, 6.45) is 0.519. The molecule has 0 bridgehead atoms. The second-order valence-electron chi connectivity index (χ2n) is 3.37. The number of rotatable bonds is 1. The molecule has 2 rings (SSSR count). The van der Waals surface area contributed by atoms with E-state index in [0.29, 0.717) is 6.54 Å². The van der Waals surface area contributed by atoms with Crippen LogP contribution in [-0.2, 0) is 0 Å². The minimum atomic E-state index is -0.235. The molecule has 70 valence electrons. The third-order valence-corrected chi connectivity index (χ3v) is 2.73. The van der Waals surface area contributed by atoms with Gasteiger partial charge in [-0.1, -0.05) is 29.8 Å². The van der Waals surface area contributed by atoms with Gasteiger partial charge >= 0.3 is 0 Å². The normalized spacial score (nSPS) is 27.8. The summed E-state index contributed by atoms with van der Waals surface area (Å²) in [5, 5.41) is 13.3. The Morgan fingerprint density at radius 1 is 1.38 bits per heavy atom. The Kier molecular flexibility index (Phi) is 2.54. The molecule has 1 aromatic carbocycles. The highest BCUT2D eigenvalue weighted by Crippen LogP contribution is 2.28. The first-order chi connectivity index (χ1) is 6.27. The topological polar surface area (TPSA) is 32.3 Å². The molecule has 0 amide bonds. The van der Waals surface area contributed by atoms with Gasteiger partial charge in [0.15, 0.2) is 0 Å².